The molecule has 4 nitrogen and oxygen atoms in total. The van der Waals surface area contributed by atoms with Crippen LogP contribution in [0.25, 0.3) is 10.8 Å². The van der Waals surface area contributed by atoms with Crippen molar-refractivity contribution in [3.8, 4) is 0 Å². The Hall–Kier alpha value is -2.88. The summed E-state index contributed by atoms with van der Waals surface area (Å²) in [7, 11) is 0. The largest absolute Gasteiger partial charge is 0.352 e. The number of amides is 2. The molecule has 4 heteroatoms. The Morgan fingerprint density at radius 2 is 1.68 bits per heavy atom. The first kappa shape index (κ1) is 17.0. The van der Waals surface area contributed by atoms with Crippen molar-refractivity contribution in [2.24, 2.45) is 11.8 Å². The first-order chi connectivity index (χ1) is 12.2. The highest BCUT2D eigenvalue weighted by Crippen LogP contribution is 2.29. The fourth-order valence-electron chi connectivity index (χ4n) is 3.26. The molecular formula is C21H22N2O2. The third-order valence-electron chi connectivity index (χ3n) is 4.57. The third kappa shape index (κ3) is 3.79. The van der Waals surface area contributed by atoms with Crippen molar-refractivity contribution < 1.29 is 9.59 Å². The first-order valence-electron chi connectivity index (χ1n) is 8.53. The lowest BCUT2D eigenvalue weighted by atomic mass is 9.81. The van der Waals surface area contributed by atoms with Gasteiger partial charge in [-0.1, -0.05) is 54.6 Å². The molecule has 2 atom stereocenters. The van der Waals surface area contributed by atoms with Crippen molar-refractivity contribution in [3.63, 3.8) is 0 Å². The minimum absolute atomic E-state index is 0.0951. The van der Waals surface area contributed by atoms with Gasteiger partial charge in [-0.25, -0.2) is 0 Å². The highest BCUT2D eigenvalue weighted by molar-refractivity contribution is 6.04. The van der Waals surface area contributed by atoms with Crippen LogP contribution in [0.4, 0.5) is 5.69 Å². The van der Waals surface area contributed by atoms with E-state index in [2.05, 4.69) is 17.2 Å². The van der Waals surface area contributed by atoms with Gasteiger partial charge in [0.15, 0.2) is 0 Å². The van der Waals surface area contributed by atoms with E-state index in [-0.39, 0.29) is 23.7 Å². The number of carbonyl (C=O) groups excluding carboxylic acids is 2. The summed E-state index contributed by atoms with van der Waals surface area (Å²) in [5, 5.41) is 7.90. The second-order valence-electron chi connectivity index (χ2n) is 6.21. The molecule has 0 fully saturated rings. The Balaban J connectivity index is 1.79. The highest BCUT2D eigenvalue weighted by atomic mass is 16.2. The number of rotatable bonds is 5. The van der Waals surface area contributed by atoms with Crippen LogP contribution in [0.3, 0.4) is 0 Å². The third-order valence-corrected chi connectivity index (χ3v) is 4.57. The van der Waals surface area contributed by atoms with Gasteiger partial charge in [0.1, 0.15) is 0 Å². The molecule has 1 aliphatic carbocycles. The van der Waals surface area contributed by atoms with E-state index in [1.54, 1.807) is 6.08 Å². The summed E-state index contributed by atoms with van der Waals surface area (Å²) in [6, 6.07) is 13.8. The zero-order valence-electron chi connectivity index (χ0n) is 14.1. The van der Waals surface area contributed by atoms with Crippen LogP contribution >= 0.6 is 0 Å². The maximum atomic E-state index is 12.9. The smallest absolute Gasteiger partial charge is 0.228 e. The molecule has 0 aliphatic heterocycles. The van der Waals surface area contributed by atoms with E-state index in [0.29, 0.717) is 19.4 Å². The molecule has 2 aromatic carbocycles. The fourth-order valence-corrected chi connectivity index (χ4v) is 3.26. The Morgan fingerprint density at radius 3 is 2.44 bits per heavy atom. The first-order valence-corrected chi connectivity index (χ1v) is 8.53. The summed E-state index contributed by atoms with van der Waals surface area (Å²) >= 11 is 0. The summed E-state index contributed by atoms with van der Waals surface area (Å²) in [5.74, 6) is -0.921. The number of benzene rings is 2. The van der Waals surface area contributed by atoms with Gasteiger partial charge in [-0.05, 0) is 24.3 Å². The van der Waals surface area contributed by atoms with E-state index in [1.165, 1.54) is 0 Å². The number of carbonyl (C=O) groups is 2. The van der Waals surface area contributed by atoms with Gasteiger partial charge >= 0.3 is 0 Å². The molecule has 0 aromatic heterocycles. The van der Waals surface area contributed by atoms with Crippen molar-refractivity contribution in [2.45, 2.75) is 12.8 Å². The minimum atomic E-state index is -0.367. The average molecular weight is 334 g/mol. The van der Waals surface area contributed by atoms with E-state index < -0.39 is 0 Å². The lowest BCUT2D eigenvalue weighted by molar-refractivity contribution is -0.132. The standard InChI is InChI=1S/C21H22N2O2/c1-2-14-22-20(24)17-11-5-6-12-18(17)21(25)23-19-13-7-9-15-8-3-4-10-16(15)19/h2-10,13,17-18H,1,11-12,14H2,(H,22,24)(H,23,25)/t17-,18+/m1/s1. The summed E-state index contributed by atoms with van der Waals surface area (Å²) < 4.78 is 0. The van der Waals surface area contributed by atoms with Crippen LogP contribution in [0.5, 0.6) is 0 Å². The second-order valence-corrected chi connectivity index (χ2v) is 6.21. The molecule has 0 spiro atoms. The lowest BCUT2D eigenvalue weighted by Gasteiger charge is -2.26. The van der Waals surface area contributed by atoms with E-state index >= 15 is 0 Å². The van der Waals surface area contributed by atoms with Gasteiger partial charge in [0.05, 0.1) is 11.8 Å². The normalized spacial score (nSPS) is 19.4. The summed E-state index contributed by atoms with van der Waals surface area (Å²) in [6.07, 6.45) is 6.74. The van der Waals surface area contributed by atoms with Crippen LogP contribution in [0.2, 0.25) is 0 Å². The predicted molar refractivity (Wildman–Crippen MR) is 101 cm³/mol. The topological polar surface area (TPSA) is 58.2 Å². The molecular weight excluding hydrogens is 312 g/mol. The van der Waals surface area contributed by atoms with Crippen molar-refractivity contribution >= 4 is 28.3 Å². The molecule has 2 aromatic rings. The van der Waals surface area contributed by atoms with Gasteiger partial charge in [0.25, 0.3) is 0 Å². The molecule has 0 bridgehead atoms. The highest BCUT2D eigenvalue weighted by Gasteiger charge is 2.33. The molecule has 0 radical (unpaired) electrons. The predicted octanol–water partition coefficient (Wildman–Crippen LogP) is 3.66. The van der Waals surface area contributed by atoms with E-state index in [1.807, 2.05) is 54.6 Å². The molecule has 1 aliphatic rings. The Bertz CT molecular complexity index is 820. The Morgan fingerprint density at radius 1 is 1.00 bits per heavy atom. The summed E-state index contributed by atoms with van der Waals surface area (Å²) in [5.41, 5.74) is 0.780. The lowest BCUT2D eigenvalue weighted by Crippen LogP contribution is -2.40. The molecule has 25 heavy (non-hydrogen) atoms. The maximum absolute atomic E-state index is 12.9. The summed E-state index contributed by atoms with van der Waals surface area (Å²) in [6.45, 7) is 4.02. The molecule has 0 heterocycles. The van der Waals surface area contributed by atoms with E-state index in [0.717, 1.165) is 16.5 Å². The van der Waals surface area contributed by atoms with Gasteiger partial charge in [-0.2, -0.15) is 0 Å². The minimum Gasteiger partial charge on any atom is -0.352 e. The van der Waals surface area contributed by atoms with E-state index in [4.69, 9.17) is 0 Å². The number of hydrogen-bond acceptors (Lipinski definition) is 2. The fraction of sp³-hybridized carbons (Fsp3) is 0.238. The van der Waals surface area contributed by atoms with Crippen molar-refractivity contribution in [1.82, 2.24) is 5.32 Å². The van der Waals surface area contributed by atoms with Gasteiger partial charge in [-0.15, -0.1) is 6.58 Å². The molecule has 2 N–H and O–H groups in total. The number of allylic oxidation sites excluding steroid dienone is 2. The molecule has 2 amide bonds. The molecule has 0 unspecified atom stereocenters. The number of hydrogen-bond donors (Lipinski definition) is 2. The van der Waals surface area contributed by atoms with Crippen LogP contribution in [0.1, 0.15) is 12.8 Å². The second kappa shape index (κ2) is 7.79. The molecule has 3 rings (SSSR count). The molecule has 128 valence electrons. The van der Waals surface area contributed by atoms with Crippen LogP contribution in [-0.4, -0.2) is 18.4 Å². The number of anilines is 1. The molecule has 0 saturated carbocycles. The van der Waals surface area contributed by atoms with Gasteiger partial charge < -0.3 is 10.6 Å². The van der Waals surface area contributed by atoms with Crippen molar-refractivity contribution in [1.29, 1.82) is 0 Å². The number of nitrogens with one attached hydrogen (secondary N) is 2. The van der Waals surface area contributed by atoms with E-state index in [9.17, 15) is 9.59 Å². The van der Waals surface area contributed by atoms with Crippen LogP contribution in [0.15, 0.2) is 67.3 Å². The van der Waals surface area contributed by atoms with Gasteiger partial charge in [0.2, 0.25) is 11.8 Å². The zero-order chi connectivity index (χ0) is 17.6. The van der Waals surface area contributed by atoms with Crippen molar-refractivity contribution in [3.05, 3.63) is 67.3 Å². The quantitative estimate of drug-likeness (QED) is 0.820. The van der Waals surface area contributed by atoms with Gasteiger partial charge in [0, 0.05) is 17.6 Å². The Kier molecular flexibility index (Phi) is 5.29. The van der Waals surface area contributed by atoms with Crippen LogP contribution in [0, 0.1) is 11.8 Å². The van der Waals surface area contributed by atoms with Gasteiger partial charge in [-0.3, -0.25) is 9.59 Å². The van der Waals surface area contributed by atoms with Crippen LogP contribution < -0.4 is 10.6 Å². The maximum Gasteiger partial charge on any atom is 0.228 e. The van der Waals surface area contributed by atoms with Crippen molar-refractivity contribution in [2.75, 3.05) is 11.9 Å². The average Bonchev–Trinajstić information content (AvgIpc) is 2.66. The zero-order valence-corrected chi connectivity index (χ0v) is 14.1. The Labute approximate surface area is 147 Å². The van der Waals surface area contributed by atoms with Crippen LogP contribution in [-0.2, 0) is 9.59 Å². The molecule has 0 saturated heterocycles. The summed E-state index contributed by atoms with van der Waals surface area (Å²) in [4.78, 5) is 25.2. The monoisotopic (exact) mass is 334 g/mol. The SMILES string of the molecule is C=CCNC(=O)[C@@H]1CC=CC[C@@H]1C(=O)Nc1cccc2ccccc12. The number of fused-ring (bicyclic) bond motifs is 1.